The van der Waals surface area contributed by atoms with Crippen molar-refractivity contribution in [2.24, 2.45) is 0 Å². The number of aromatic nitrogens is 2. The molecule has 3 aromatic rings. The normalized spacial score (nSPS) is 11.4. The van der Waals surface area contributed by atoms with E-state index in [0.29, 0.717) is 11.2 Å². The first kappa shape index (κ1) is 17.7. The molecule has 26 heavy (non-hydrogen) atoms. The number of hydrogen-bond acceptors (Lipinski definition) is 3. The summed E-state index contributed by atoms with van der Waals surface area (Å²) in [6, 6.07) is 12.9. The van der Waals surface area contributed by atoms with E-state index in [1.807, 2.05) is 58.0 Å². The van der Waals surface area contributed by atoms with Gasteiger partial charge in [0.25, 0.3) is 11.8 Å². The molecular formula is C20H22N4O2. The van der Waals surface area contributed by atoms with Crippen LogP contribution in [-0.2, 0) is 0 Å². The maximum Gasteiger partial charge on any atom is 0.288 e. The zero-order chi connectivity index (χ0) is 18.9. The fraction of sp³-hybridized carbons (Fsp3) is 0.250. The minimum absolute atomic E-state index is 0.185. The van der Waals surface area contributed by atoms with E-state index in [2.05, 4.69) is 15.6 Å². The molecule has 0 aliphatic carbocycles. The van der Waals surface area contributed by atoms with Gasteiger partial charge >= 0.3 is 0 Å². The zero-order valence-electron chi connectivity index (χ0n) is 15.3. The first-order valence-electron chi connectivity index (χ1n) is 8.42. The number of aryl methyl sites for hydroxylation is 1. The second kappa shape index (κ2) is 6.63. The maximum atomic E-state index is 12.7. The van der Waals surface area contributed by atoms with Crippen LogP contribution in [0, 0.1) is 6.92 Å². The van der Waals surface area contributed by atoms with Crippen LogP contribution in [0.15, 0.2) is 48.7 Å². The second-order valence-electron chi connectivity index (χ2n) is 7.27. The average Bonchev–Trinajstić information content (AvgIpc) is 2.93. The molecule has 2 N–H and O–H groups in total. The van der Waals surface area contributed by atoms with Gasteiger partial charge in [-0.05, 0) is 57.5 Å². The smallest absolute Gasteiger partial charge is 0.288 e. The van der Waals surface area contributed by atoms with Crippen molar-refractivity contribution in [3.8, 4) is 0 Å². The minimum atomic E-state index is -0.401. The minimum Gasteiger partial charge on any atom is -0.345 e. The fourth-order valence-corrected chi connectivity index (χ4v) is 2.67. The van der Waals surface area contributed by atoms with Crippen LogP contribution in [0.2, 0.25) is 0 Å². The van der Waals surface area contributed by atoms with Crippen molar-refractivity contribution < 1.29 is 9.59 Å². The molecule has 0 saturated carbocycles. The molecule has 3 rings (SSSR count). The number of nitrogens with one attached hydrogen (secondary N) is 2. The highest BCUT2D eigenvalue weighted by molar-refractivity contribution is 6.09. The summed E-state index contributed by atoms with van der Waals surface area (Å²) in [4.78, 5) is 29.7. The second-order valence-corrected chi connectivity index (χ2v) is 7.27. The molecule has 0 bridgehead atoms. The van der Waals surface area contributed by atoms with E-state index in [-0.39, 0.29) is 23.3 Å². The Kier molecular flexibility index (Phi) is 4.50. The molecule has 0 spiro atoms. The molecule has 6 nitrogen and oxygen atoms in total. The van der Waals surface area contributed by atoms with E-state index in [1.54, 1.807) is 22.7 Å². The fourth-order valence-electron chi connectivity index (χ4n) is 2.67. The van der Waals surface area contributed by atoms with Gasteiger partial charge in [-0.25, -0.2) is 4.98 Å². The summed E-state index contributed by atoms with van der Waals surface area (Å²) in [6.45, 7) is 7.64. The van der Waals surface area contributed by atoms with Crippen LogP contribution in [0.1, 0.15) is 47.4 Å². The van der Waals surface area contributed by atoms with Crippen molar-refractivity contribution in [3.63, 3.8) is 0 Å². The van der Waals surface area contributed by atoms with Crippen molar-refractivity contribution in [2.45, 2.75) is 33.2 Å². The third-order valence-electron chi connectivity index (χ3n) is 3.73. The summed E-state index contributed by atoms with van der Waals surface area (Å²) in [7, 11) is 0. The maximum absolute atomic E-state index is 12.7. The predicted molar refractivity (Wildman–Crippen MR) is 102 cm³/mol. The van der Waals surface area contributed by atoms with E-state index >= 15 is 0 Å². The number of nitrogens with zero attached hydrogens (tertiary/aromatic N) is 2. The van der Waals surface area contributed by atoms with Crippen LogP contribution >= 0.6 is 0 Å². The van der Waals surface area contributed by atoms with Gasteiger partial charge in [0.2, 0.25) is 5.82 Å². The lowest BCUT2D eigenvalue weighted by atomic mass is 10.1. The van der Waals surface area contributed by atoms with Crippen LogP contribution in [0.25, 0.3) is 5.52 Å². The number of amides is 2. The molecule has 1 aromatic carbocycles. The Morgan fingerprint density at radius 2 is 1.81 bits per heavy atom. The summed E-state index contributed by atoms with van der Waals surface area (Å²) in [5, 5.41) is 5.73. The third kappa shape index (κ3) is 3.74. The number of fused-ring (bicyclic) bond motifs is 1. The van der Waals surface area contributed by atoms with Crippen molar-refractivity contribution in [1.82, 2.24) is 14.7 Å². The topological polar surface area (TPSA) is 75.5 Å². The first-order chi connectivity index (χ1) is 12.2. The highest BCUT2D eigenvalue weighted by Gasteiger charge is 2.24. The van der Waals surface area contributed by atoms with Gasteiger partial charge in [-0.3, -0.25) is 14.0 Å². The number of imidazole rings is 1. The van der Waals surface area contributed by atoms with Gasteiger partial charge in [0.05, 0.1) is 5.52 Å². The van der Waals surface area contributed by atoms with Gasteiger partial charge in [0, 0.05) is 17.4 Å². The molecular weight excluding hydrogens is 328 g/mol. The highest BCUT2D eigenvalue weighted by Crippen LogP contribution is 2.17. The zero-order valence-corrected chi connectivity index (χ0v) is 15.3. The Morgan fingerprint density at radius 3 is 2.50 bits per heavy atom. The van der Waals surface area contributed by atoms with E-state index in [9.17, 15) is 9.59 Å². The number of carbonyl (C=O) groups excluding carboxylic acids is 2. The molecule has 0 aliphatic heterocycles. The number of hydrogen-bond donors (Lipinski definition) is 2. The molecule has 0 fully saturated rings. The number of rotatable bonds is 3. The van der Waals surface area contributed by atoms with Crippen LogP contribution in [-0.4, -0.2) is 26.7 Å². The summed E-state index contributed by atoms with van der Waals surface area (Å²) < 4.78 is 1.63. The number of carbonyl (C=O) groups is 2. The Labute approximate surface area is 152 Å². The van der Waals surface area contributed by atoms with Gasteiger partial charge < -0.3 is 10.6 Å². The van der Waals surface area contributed by atoms with Gasteiger partial charge in [-0.15, -0.1) is 0 Å². The molecule has 6 heteroatoms. The summed E-state index contributed by atoms with van der Waals surface area (Å²) in [6.07, 6.45) is 1.73. The molecule has 2 heterocycles. The quantitative estimate of drug-likeness (QED) is 0.760. The Balaban J connectivity index is 1.98. The van der Waals surface area contributed by atoms with Gasteiger partial charge in [0.15, 0.2) is 5.69 Å². The largest absolute Gasteiger partial charge is 0.345 e. The summed E-state index contributed by atoms with van der Waals surface area (Å²) in [5.74, 6) is -0.493. The lowest BCUT2D eigenvalue weighted by molar-refractivity contribution is 0.0908. The lowest BCUT2D eigenvalue weighted by Gasteiger charge is -2.19. The summed E-state index contributed by atoms with van der Waals surface area (Å²) in [5.41, 5.74) is 2.13. The van der Waals surface area contributed by atoms with Crippen LogP contribution in [0.4, 0.5) is 5.69 Å². The third-order valence-corrected chi connectivity index (χ3v) is 3.73. The molecule has 2 aromatic heterocycles. The van der Waals surface area contributed by atoms with Crippen molar-refractivity contribution in [1.29, 1.82) is 0 Å². The predicted octanol–water partition coefficient (Wildman–Crippen LogP) is 3.42. The summed E-state index contributed by atoms with van der Waals surface area (Å²) >= 11 is 0. The average molecular weight is 350 g/mol. The molecule has 0 saturated heterocycles. The highest BCUT2D eigenvalue weighted by atomic mass is 16.2. The van der Waals surface area contributed by atoms with E-state index in [4.69, 9.17) is 0 Å². The van der Waals surface area contributed by atoms with Gasteiger partial charge in [-0.1, -0.05) is 18.2 Å². The number of pyridine rings is 1. The van der Waals surface area contributed by atoms with Crippen molar-refractivity contribution in [3.05, 3.63) is 65.7 Å². The lowest BCUT2D eigenvalue weighted by Crippen LogP contribution is -2.41. The van der Waals surface area contributed by atoms with Crippen molar-refractivity contribution in [2.75, 3.05) is 5.32 Å². The Hall–Kier alpha value is -3.15. The van der Waals surface area contributed by atoms with E-state index in [0.717, 1.165) is 5.56 Å². The molecule has 0 atom stereocenters. The molecule has 0 aliphatic rings. The van der Waals surface area contributed by atoms with Gasteiger partial charge in [-0.2, -0.15) is 0 Å². The Bertz CT molecular complexity index is 983. The standard InChI is InChI=1S/C20H22N4O2/c1-13-8-7-9-14(12-13)21-18(25)16-15-10-5-6-11-24(15)17(22-16)19(26)23-20(2,3)4/h5-12H,1-4H3,(H,21,25)(H,23,26). The first-order valence-corrected chi connectivity index (χ1v) is 8.42. The number of anilines is 1. The van der Waals surface area contributed by atoms with Crippen LogP contribution in [0.3, 0.4) is 0 Å². The molecule has 0 radical (unpaired) electrons. The molecule has 134 valence electrons. The monoisotopic (exact) mass is 350 g/mol. The van der Waals surface area contributed by atoms with E-state index in [1.165, 1.54) is 0 Å². The van der Waals surface area contributed by atoms with Crippen LogP contribution < -0.4 is 10.6 Å². The van der Waals surface area contributed by atoms with Gasteiger partial charge in [0.1, 0.15) is 0 Å². The number of benzene rings is 1. The SMILES string of the molecule is Cc1cccc(NC(=O)c2nc(C(=O)NC(C)(C)C)n3ccccc23)c1. The van der Waals surface area contributed by atoms with Crippen LogP contribution in [0.5, 0.6) is 0 Å². The molecule has 0 unspecified atom stereocenters. The Morgan fingerprint density at radius 1 is 1.04 bits per heavy atom. The molecule has 2 amide bonds. The van der Waals surface area contributed by atoms with Crippen molar-refractivity contribution >= 4 is 23.0 Å². The van der Waals surface area contributed by atoms with E-state index < -0.39 is 5.54 Å².